The lowest BCUT2D eigenvalue weighted by Gasteiger charge is -2.35. The molecular formula is C13H28N4O. The number of likely N-dealkylation sites (tertiary alicyclic amines) is 1. The van der Waals surface area contributed by atoms with E-state index in [-0.39, 0.29) is 17.9 Å². The zero-order chi connectivity index (χ0) is 13.7. The van der Waals surface area contributed by atoms with E-state index >= 15 is 0 Å². The van der Waals surface area contributed by atoms with Gasteiger partial charge in [-0.15, -0.1) is 0 Å². The SMILES string of the molecule is CC(C(=O)NN)C(C)N(C)CC1CCN(C)CC1. The second kappa shape index (κ2) is 7.07. The molecule has 5 heteroatoms. The molecule has 18 heavy (non-hydrogen) atoms. The third-order valence-electron chi connectivity index (χ3n) is 4.36. The van der Waals surface area contributed by atoms with Crippen molar-refractivity contribution >= 4 is 5.91 Å². The van der Waals surface area contributed by atoms with E-state index in [0.29, 0.717) is 0 Å². The first-order valence-electron chi connectivity index (χ1n) is 6.85. The van der Waals surface area contributed by atoms with E-state index in [0.717, 1.165) is 12.5 Å². The lowest BCUT2D eigenvalue weighted by molar-refractivity contribution is -0.126. The summed E-state index contributed by atoms with van der Waals surface area (Å²) in [6, 6.07) is 0.216. The number of nitrogens with zero attached hydrogens (tertiary/aromatic N) is 2. The number of carbonyl (C=O) groups is 1. The number of nitrogens with two attached hydrogens (primary N) is 1. The molecule has 1 aliphatic heterocycles. The van der Waals surface area contributed by atoms with Crippen molar-refractivity contribution in [3.8, 4) is 0 Å². The Hall–Kier alpha value is -0.650. The molecule has 0 radical (unpaired) electrons. The van der Waals surface area contributed by atoms with E-state index in [4.69, 9.17) is 5.84 Å². The van der Waals surface area contributed by atoms with Crippen LogP contribution >= 0.6 is 0 Å². The molecule has 0 aromatic rings. The molecule has 1 rings (SSSR count). The van der Waals surface area contributed by atoms with Crippen molar-refractivity contribution in [1.82, 2.24) is 15.2 Å². The Balaban J connectivity index is 2.39. The normalized spacial score (nSPS) is 21.9. The number of hydrazine groups is 1. The smallest absolute Gasteiger partial charge is 0.238 e. The first kappa shape index (κ1) is 15.4. The van der Waals surface area contributed by atoms with E-state index in [2.05, 4.69) is 36.2 Å². The quantitative estimate of drug-likeness (QED) is 0.421. The van der Waals surface area contributed by atoms with Gasteiger partial charge >= 0.3 is 0 Å². The van der Waals surface area contributed by atoms with Gasteiger partial charge in [0.1, 0.15) is 0 Å². The Morgan fingerprint density at radius 1 is 1.44 bits per heavy atom. The van der Waals surface area contributed by atoms with Crippen LogP contribution in [0, 0.1) is 11.8 Å². The molecule has 1 amide bonds. The number of piperidine rings is 1. The lowest BCUT2D eigenvalue weighted by atomic mass is 9.94. The van der Waals surface area contributed by atoms with Crippen molar-refractivity contribution in [3.05, 3.63) is 0 Å². The highest BCUT2D eigenvalue weighted by Gasteiger charge is 2.25. The van der Waals surface area contributed by atoms with Crippen molar-refractivity contribution in [3.63, 3.8) is 0 Å². The van der Waals surface area contributed by atoms with Crippen LogP contribution in [0.1, 0.15) is 26.7 Å². The fraction of sp³-hybridized carbons (Fsp3) is 0.923. The summed E-state index contributed by atoms with van der Waals surface area (Å²) in [4.78, 5) is 16.2. The summed E-state index contributed by atoms with van der Waals surface area (Å²) in [6.07, 6.45) is 2.51. The first-order valence-corrected chi connectivity index (χ1v) is 6.85. The lowest BCUT2D eigenvalue weighted by Crippen LogP contribution is -2.46. The summed E-state index contributed by atoms with van der Waals surface area (Å²) in [5.41, 5.74) is 2.24. The second-order valence-corrected chi connectivity index (χ2v) is 5.72. The van der Waals surface area contributed by atoms with Gasteiger partial charge in [-0.05, 0) is 52.9 Å². The molecule has 3 N–H and O–H groups in total. The minimum atomic E-state index is -0.0854. The van der Waals surface area contributed by atoms with Gasteiger partial charge in [0.2, 0.25) is 5.91 Å². The average molecular weight is 256 g/mol. The zero-order valence-corrected chi connectivity index (χ0v) is 12.1. The summed E-state index contributed by atoms with van der Waals surface area (Å²) in [6.45, 7) is 7.46. The van der Waals surface area contributed by atoms with Gasteiger partial charge < -0.3 is 9.80 Å². The third kappa shape index (κ3) is 4.23. The Morgan fingerprint density at radius 2 is 2.00 bits per heavy atom. The highest BCUT2D eigenvalue weighted by atomic mass is 16.2. The van der Waals surface area contributed by atoms with Crippen LogP contribution in [0.5, 0.6) is 0 Å². The molecule has 0 aromatic carbocycles. The summed E-state index contributed by atoms with van der Waals surface area (Å²) < 4.78 is 0. The number of hydrogen-bond acceptors (Lipinski definition) is 4. The maximum absolute atomic E-state index is 11.5. The minimum absolute atomic E-state index is 0.0775. The van der Waals surface area contributed by atoms with Crippen LogP contribution < -0.4 is 11.3 Å². The zero-order valence-electron chi connectivity index (χ0n) is 12.1. The van der Waals surface area contributed by atoms with Crippen LogP contribution in [0.4, 0.5) is 0 Å². The fourth-order valence-corrected chi connectivity index (χ4v) is 2.55. The van der Waals surface area contributed by atoms with Gasteiger partial charge in [-0.3, -0.25) is 10.2 Å². The van der Waals surface area contributed by atoms with Crippen LogP contribution in [0.15, 0.2) is 0 Å². The Labute approximate surface area is 111 Å². The second-order valence-electron chi connectivity index (χ2n) is 5.72. The maximum Gasteiger partial charge on any atom is 0.238 e. The highest BCUT2D eigenvalue weighted by molar-refractivity contribution is 5.78. The van der Waals surface area contributed by atoms with Gasteiger partial charge in [0, 0.05) is 12.6 Å². The molecule has 0 bridgehead atoms. The van der Waals surface area contributed by atoms with E-state index < -0.39 is 0 Å². The number of nitrogens with one attached hydrogen (secondary N) is 1. The molecule has 2 atom stereocenters. The van der Waals surface area contributed by atoms with Crippen LogP contribution in [-0.4, -0.2) is 55.5 Å². The number of hydrogen-bond donors (Lipinski definition) is 2. The van der Waals surface area contributed by atoms with Crippen LogP contribution in [0.3, 0.4) is 0 Å². The first-order chi connectivity index (χ1) is 8.45. The van der Waals surface area contributed by atoms with Crippen LogP contribution in [0.25, 0.3) is 0 Å². The minimum Gasteiger partial charge on any atom is -0.306 e. The molecule has 1 fully saturated rings. The van der Waals surface area contributed by atoms with Crippen molar-refractivity contribution < 1.29 is 4.79 Å². The molecule has 0 saturated carbocycles. The number of amides is 1. The molecule has 106 valence electrons. The van der Waals surface area contributed by atoms with Gasteiger partial charge in [0.05, 0.1) is 5.92 Å². The largest absolute Gasteiger partial charge is 0.306 e. The molecular weight excluding hydrogens is 228 g/mol. The van der Waals surface area contributed by atoms with E-state index in [1.807, 2.05) is 6.92 Å². The summed E-state index contributed by atoms with van der Waals surface area (Å²) in [5, 5.41) is 0. The monoisotopic (exact) mass is 256 g/mol. The van der Waals surface area contributed by atoms with Gasteiger partial charge in [-0.25, -0.2) is 5.84 Å². The van der Waals surface area contributed by atoms with Crippen LogP contribution in [0.2, 0.25) is 0 Å². The summed E-state index contributed by atoms with van der Waals surface area (Å²) in [5.74, 6) is 5.78. The molecule has 1 saturated heterocycles. The van der Waals surface area contributed by atoms with Gasteiger partial charge in [0.15, 0.2) is 0 Å². The van der Waals surface area contributed by atoms with Gasteiger partial charge in [0.25, 0.3) is 0 Å². The molecule has 2 unspecified atom stereocenters. The molecule has 5 nitrogen and oxygen atoms in total. The van der Waals surface area contributed by atoms with Crippen LogP contribution in [-0.2, 0) is 4.79 Å². The molecule has 1 aliphatic rings. The van der Waals surface area contributed by atoms with Crippen molar-refractivity contribution in [1.29, 1.82) is 0 Å². The molecule has 0 aliphatic carbocycles. The Morgan fingerprint density at radius 3 is 2.50 bits per heavy atom. The third-order valence-corrected chi connectivity index (χ3v) is 4.36. The summed E-state index contributed by atoms with van der Waals surface area (Å²) >= 11 is 0. The Bertz CT molecular complexity index is 264. The molecule has 1 heterocycles. The average Bonchev–Trinajstić information content (AvgIpc) is 2.38. The summed E-state index contributed by atoms with van der Waals surface area (Å²) in [7, 11) is 4.28. The van der Waals surface area contributed by atoms with Gasteiger partial charge in [-0.2, -0.15) is 0 Å². The molecule has 0 aromatic heterocycles. The maximum atomic E-state index is 11.5. The standard InChI is InChI=1S/C13H28N4O/c1-10(13(18)15-14)11(2)17(4)9-12-5-7-16(3)8-6-12/h10-12H,5-9,14H2,1-4H3,(H,15,18). The topological polar surface area (TPSA) is 61.6 Å². The van der Waals surface area contributed by atoms with Crippen molar-refractivity contribution in [2.45, 2.75) is 32.7 Å². The van der Waals surface area contributed by atoms with E-state index in [1.165, 1.54) is 25.9 Å². The highest BCUT2D eigenvalue weighted by Crippen LogP contribution is 2.19. The fourth-order valence-electron chi connectivity index (χ4n) is 2.55. The van der Waals surface area contributed by atoms with E-state index in [9.17, 15) is 4.79 Å². The molecule has 0 spiro atoms. The Kier molecular flexibility index (Phi) is 6.05. The predicted molar refractivity (Wildman–Crippen MR) is 73.8 cm³/mol. The van der Waals surface area contributed by atoms with Crippen molar-refractivity contribution in [2.24, 2.45) is 17.7 Å². The van der Waals surface area contributed by atoms with E-state index in [1.54, 1.807) is 0 Å². The predicted octanol–water partition coefficient (Wildman–Crippen LogP) is 0.275. The van der Waals surface area contributed by atoms with Crippen molar-refractivity contribution in [2.75, 3.05) is 33.7 Å². The van der Waals surface area contributed by atoms with Gasteiger partial charge in [-0.1, -0.05) is 6.92 Å². The number of rotatable bonds is 5. The number of carbonyl (C=O) groups excluding carboxylic acids is 1.